The third-order valence-electron chi connectivity index (χ3n) is 2.98. The molecule has 3 rings (SSSR count). The summed E-state index contributed by atoms with van der Waals surface area (Å²) in [5.41, 5.74) is 0.962. The van der Waals surface area contributed by atoms with E-state index >= 15 is 0 Å². The second-order valence-corrected chi connectivity index (χ2v) is 5.36. The Hall–Kier alpha value is -2.07. The molecule has 0 amide bonds. The van der Waals surface area contributed by atoms with Crippen molar-refractivity contribution in [3.63, 3.8) is 0 Å². The highest BCUT2D eigenvalue weighted by atomic mass is 32.1. The van der Waals surface area contributed by atoms with Gasteiger partial charge < -0.3 is 9.15 Å². The Balaban J connectivity index is 1.63. The minimum Gasteiger partial charge on any atom is -0.493 e. The van der Waals surface area contributed by atoms with E-state index in [1.165, 1.54) is 0 Å². The maximum absolute atomic E-state index is 5.71. The quantitative estimate of drug-likeness (QED) is 0.699. The van der Waals surface area contributed by atoms with E-state index in [0.29, 0.717) is 12.5 Å². The summed E-state index contributed by atoms with van der Waals surface area (Å²) >= 11 is 1.63. The van der Waals surface area contributed by atoms with Crippen molar-refractivity contribution in [1.82, 2.24) is 4.98 Å². The van der Waals surface area contributed by atoms with Crippen LogP contribution in [0.5, 0.6) is 5.75 Å². The molecule has 3 nitrogen and oxygen atoms in total. The van der Waals surface area contributed by atoms with Crippen LogP contribution in [0.4, 0.5) is 0 Å². The van der Waals surface area contributed by atoms with Crippen LogP contribution in [0.1, 0.15) is 11.5 Å². The molecule has 0 unspecified atom stereocenters. The van der Waals surface area contributed by atoms with Gasteiger partial charge in [-0.15, -0.1) is 11.3 Å². The molecule has 2 aromatic heterocycles. The van der Waals surface area contributed by atoms with E-state index in [-0.39, 0.29) is 0 Å². The largest absolute Gasteiger partial charge is 0.493 e. The number of hydrogen-bond acceptors (Lipinski definition) is 4. The Morgan fingerprint density at radius 2 is 2.00 bits per heavy atom. The summed E-state index contributed by atoms with van der Waals surface area (Å²) in [6, 6.07) is 13.8. The van der Waals surface area contributed by atoms with Gasteiger partial charge in [-0.1, -0.05) is 24.3 Å². The number of nitrogens with zero attached hydrogens (tertiary/aromatic N) is 1. The molecule has 0 spiro atoms. The fourth-order valence-electron chi connectivity index (χ4n) is 1.95. The molecule has 0 atom stereocenters. The van der Waals surface area contributed by atoms with Gasteiger partial charge in [0.1, 0.15) is 11.5 Å². The third-order valence-corrected chi connectivity index (χ3v) is 3.83. The van der Waals surface area contributed by atoms with E-state index in [9.17, 15) is 0 Å². The fraction of sp³-hybridized carbons (Fsp3) is 0.188. The van der Waals surface area contributed by atoms with Gasteiger partial charge in [0.15, 0.2) is 0 Å². The number of thiophene rings is 1. The molecule has 0 N–H and O–H groups in total. The number of ether oxygens (including phenoxy) is 1. The van der Waals surface area contributed by atoms with E-state index in [1.54, 1.807) is 11.3 Å². The van der Waals surface area contributed by atoms with Crippen molar-refractivity contribution in [2.24, 2.45) is 0 Å². The molecule has 1 aromatic carbocycles. The molecule has 0 aliphatic carbocycles. The lowest BCUT2D eigenvalue weighted by molar-refractivity contribution is 0.320. The number of aryl methyl sites for hydroxylation is 1. The smallest absolute Gasteiger partial charge is 0.236 e. The van der Waals surface area contributed by atoms with Gasteiger partial charge >= 0.3 is 0 Å². The zero-order valence-electron chi connectivity index (χ0n) is 11.2. The molecule has 4 heteroatoms. The molecule has 0 saturated heterocycles. The van der Waals surface area contributed by atoms with Crippen LogP contribution in [0.25, 0.3) is 10.8 Å². The minimum absolute atomic E-state index is 0.598. The molecular weight excluding hydrogens is 270 g/mol. The second-order valence-electron chi connectivity index (χ2n) is 4.41. The molecule has 20 heavy (non-hydrogen) atoms. The summed E-state index contributed by atoms with van der Waals surface area (Å²) in [5, 5.41) is 2.02. The molecule has 0 saturated carbocycles. The van der Waals surface area contributed by atoms with Gasteiger partial charge in [-0.25, -0.2) is 4.98 Å². The Bertz CT molecular complexity index is 659. The van der Waals surface area contributed by atoms with E-state index in [2.05, 4.69) is 4.98 Å². The van der Waals surface area contributed by atoms with Gasteiger partial charge in [0.2, 0.25) is 5.89 Å². The highest BCUT2D eigenvalue weighted by Gasteiger charge is 2.11. The molecule has 0 aliphatic rings. The van der Waals surface area contributed by atoms with Crippen LogP contribution in [0, 0.1) is 6.92 Å². The van der Waals surface area contributed by atoms with Gasteiger partial charge in [0.25, 0.3) is 0 Å². The van der Waals surface area contributed by atoms with Crippen LogP contribution in [-0.2, 0) is 6.42 Å². The van der Waals surface area contributed by atoms with Gasteiger partial charge in [-0.05, 0) is 30.5 Å². The van der Waals surface area contributed by atoms with E-state index in [4.69, 9.17) is 9.15 Å². The first-order chi connectivity index (χ1) is 9.83. The maximum atomic E-state index is 5.71. The van der Waals surface area contributed by atoms with Crippen LogP contribution >= 0.6 is 11.3 Å². The number of hydrogen-bond donors (Lipinski definition) is 0. The highest BCUT2D eigenvalue weighted by molar-refractivity contribution is 7.13. The summed E-state index contributed by atoms with van der Waals surface area (Å²) in [6.07, 6.45) is 0.746. The Morgan fingerprint density at radius 1 is 1.15 bits per heavy atom. The van der Waals surface area contributed by atoms with Crippen molar-refractivity contribution in [2.75, 3.05) is 6.61 Å². The molecular formula is C16H15NO2S. The third kappa shape index (κ3) is 2.91. The van der Waals surface area contributed by atoms with Crippen molar-refractivity contribution in [3.8, 4) is 16.5 Å². The number of benzene rings is 1. The van der Waals surface area contributed by atoms with Crippen LogP contribution in [-0.4, -0.2) is 11.6 Å². The van der Waals surface area contributed by atoms with Crippen LogP contribution in [0.15, 0.2) is 52.3 Å². The van der Waals surface area contributed by atoms with E-state index in [0.717, 1.165) is 28.5 Å². The van der Waals surface area contributed by atoms with Crippen molar-refractivity contribution in [1.29, 1.82) is 0 Å². The standard InChI is InChI=1S/C16H15NO2S/c1-12-14(9-10-18-13-6-3-2-4-7-13)17-16(19-12)15-8-5-11-20-15/h2-8,11H,9-10H2,1H3. The van der Waals surface area contributed by atoms with Gasteiger partial charge in [0, 0.05) is 6.42 Å². The average Bonchev–Trinajstić information content (AvgIpc) is 3.10. The number of rotatable bonds is 5. The first-order valence-corrected chi connectivity index (χ1v) is 7.39. The molecule has 0 fully saturated rings. The normalized spacial score (nSPS) is 10.7. The maximum Gasteiger partial charge on any atom is 0.236 e. The SMILES string of the molecule is Cc1oc(-c2cccs2)nc1CCOc1ccccc1. The topological polar surface area (TPSA) is 35.3 Å². The van der Waals surface area contributed by atoms with Gasteiger partial charge in [-0.2, -0.15) is 0 Å². The minimum atomic E-state index is 0.598. The molecule has 0 bridgehead atoms. The zero-order chi connectivity index (χ0) is 13.8. The van der Waals surface area contributed by atoms with Crippen LogP contribution < -0.4 is 4.74 Å². The van der Waals surface area contributed by atoms with Crippen molar-refractivity contribution >= 4 is 11.3 Å². The fourth-order valence-corrected chi connectivity index (χ4v) is 2.60. The predicted molar refractivity (Wildman–Crippen MR) is 80.2 cm³/mol. The first kappa shape index (κ1) is 12.9. The summed E-state index contributed by atoms with van der Waals surface area (Å²) in [6.45, 7) is 2.54. The number of oxazole rings is 1. The lowest BCUT2D eigenvalue weighted by atomic mass is 10.3. The molecule has 102 valence electrons. The Kier molecular flexibility index (Phi) is 3.83. The zero-order valence-corrected chi connectivity index (χ0v) is 12.0. The number of para-hydroxylation sites is 1. The van der Waals surface area contributed by atoms with Gasteiger partial charge in [0.05, 0.1) is 17.2 Å². The van der Waals surface area contributed by atoms with E-state index < -0.39 is 0 Å². The highest BCUT2D eigenvalue weighted by Crippen LogP contribution is 2.26. The summed E-state index contributed by atoms with van der Waals surface area (Å²) in [7, 11) is 0. The van der Waals surface area contributed by atoms with Gasteiger partial charge in [-0.3, -0.25) is 0 Å². The Morgan fingerprint density at radius 3 is 2.75 bits per heavy atom. The average molecular weight is 285 g/mol. The first-order valence-electron chi connectivity index (χ1n) is 6.51. The van der Waals surface area contributed by atoms with Crippen molar-refractivity contribution in [3.05, 3.63) is 59.3 Å². The van der Waals surface area contributed by atoms with Crippen molar-refractivity contribution in [2.45, 2.75) is 13.3 Å². The predicted octanol–water partition coefficient (Wildman–Crippen LogP) is 4.33. The summed E-state index contributed by atoms with van der Waals surface area (Å²) in [4.78, 5) is 5.61. The molecule has 0 radical (unpaired) electrons. The lowest BCUT2D eigenvalue weighted by Gasteiger charge is -2.04. The molecule has 3 aromatic rings. The van der Waals surface area contributed by atoms with Crippen LogP contribution in [0.2, 0.25) is 0 Å². The Labute approximate surface area is 121 Å². The van der Waals surface area contributed by atoms with Crippen molar-refractivity contribution < 1.29 is 9.15 Å². The van der Waals surface area contributed by atoms with Crippen LogP contribution in [0.3, 0.4) is 0 Å². The molecule has 0 aliphatic heterocycles. The molecule has 2 heterocycles. The lowest BCUT2D eigenvalue weighted by Crippen LogP contribution is -2.02. The summed E-state index contributed by atoms with van der Waals surface area (Å²) < 4.78 is 11.4. The monoisotopic (exact) mass is 285 g/mol. The summed E-state index contributed by atoms with van der Waals surface area (Å²) in [5.74, 6) is 2.45. The van der Waals surface area contributed by atoms with E-state index in [1.807, 2.05) is 54.8 Å². The second kappa shape index (κ2) is 5.92. The number of aromatic nitrogens is 1.